The molecule has 1 aromatic rings. The van der Waals surface area contributed by atoms with Crippen molar-refractivity contribution < 1.29 is 4.79 Å². The molecular formula is C15H23N3OS. The minimum atomic E-state index is -0.282. The molecule has 0 saturated heterocycles. The third-order valence-electron chi connectivity index (χ3n) is 3.00. The van der Waals surface area contributed by atoms with Crippen molar-refractivity contribution in [2.45, 2.75) is 39.3 Å². The molecule has 1 aromatic carbocycles. The maximum Gasteiger partial charge on any atom is 0.242 e. The predicted molar refractivity (Wildman–Crippen MR) is 88.1 cm³/mol. The Kier molecular flexibility index (Phi) is 5.11. The van der Waals surface area contributed by atoms with Crippen LogP contribution in [0.15, 0.2) is 24.3 Å². The number of nitrogens with one attached hydrogen (secondary N) is 1. The van der Waals surface area contributed by atoms with E-state index in [-0.39, 0.29) is 17.5 Å². The van der Waals surface area contributed by atoms with Crippen molar-refractivity contribution in [1.29, 1.82) is 0 Å². The fourth-order valence-corrected chi connectivity index (χ4v) is 1.88. The summed E-state index contributed by atoms with van der Waals surface area (Å²) in [5.74, 6) is -0.0132. The van der Waals surface area contributed by atoms with Crippen molar-refractivity contribution in [3.63, 3.8) is 0 Å². The van der Waals surface area contributed by atoms with E-state index in [9.17, 15) is 4.79 Å². The van der Waals surface area contributed by atoms with Gasteiger partial charge in [-0.2, -0.15) is 0 Å². The van der Waals surface area contributed by atoms with E-state index >= 15 is 0 Å². The first-order valence-corrected chi connectivity index (χ1v) is 6.97. The summed E-state index contributed by atoms with van der Waals surface area (Å²) in [6.07, 6.45) is 0. The number of hydrogen-bond donors (Lipinski definition) is 2. The Morgan fingerprint density at radius 2 is 2.00 bits per heavy atom. The lowest BCUT2D eigenvalue weighted by molar-refractivity contribution is -0.123. The summed E-state index contributed by atoms with van der Waals surface area (Å²) in [6, 6.07) is 7.29. The summed E-state index contributed by atoms with van der Waals surface area (Å²) in [6.45, 7) is 7.76. The molecular weight excluding hydrogens is 270 g/mol. The third-order valence-corrected chi connectivity index (χ3v) is 3.23. The van der Waals surface area contributed by atoms with Crippen molar-refractivity contribution in [2.75, 3.05) is 11.9 Å². The molecule has 5 heteroatoms. The van der Waals surface area contributed by atoms with Gasteiger partial charge < -0.3 is 16.0 Å². The highest BCUT2D eigenvalue weighted by Gasteiger charge is 2.22. The number of carbonyl (C=O) groups is 1. The number of thiocarbonyl (C=S) groups is 1. The molecule has 0 heterocycles. The monoisotopic (exact) mass is 293 g/mol. The van der Waals surface area contributed by atoms with Crippen molar-refractivity contribution in [1.82, 2.24) is 5.32 Å². The second kappa shape index (κ2) is 6.22. The second-order valence-electron chi connectivity index (χ2n) is 5.94. The highest BCUT2D eigenvalue weighted by Crippen LogP contribution is 2.17. The first kappa shape index (κ1) is 16.4. The molecule has 3 N–H and O–H groups in total. The quantitative estimate of drug-likeness (QED) is 0.834. The lowest BCUT2D eigenvalue weighted by Crippen LogP contribution is -2.50. The minimum absolute atomic E-state index is 0.0132. The summed E-state index contributed by atoms with van der Waals surface area (Å²) in [7, 11) is 1.88. The Labute approximate surface area is 126 Å². The number of rotatable bonds is 4. The average Bonchev–Trinajstić information content (AvgIpc) is 2.35. The van der Waals surface area contributed by atoms with Crippen molar-refractivity contribution >= 4 is 28.8 Å². The number of benzene rings is 1. The first-order valence-electron chi connectivity index (χ1n) is 6.56. The molecule has 0 aliphatic rings. The van der Waals surface area contributed by atoms with Gasteiger partial charge in [-0.1, -0.05) is 24.4 Å². The topological polar surface area (TPSA) is 58.4 Å². The van der Waals surface area contributed by atoms with E-state index in [1.54, 1.807) is 0 Å². The number of nitrogens with zero attached hydrogens (tertiary/aromatic N) is 1. The van der Waals surface area contributed by atoms with Crippen LogP contribution in [-0.4, -0.2) is 29.5 Å². The predicted octanol–water partition coefficient (Wildman–Crippen LogP) is 2.06. The van der Waals surface area contributed by atoms with Crippen LogP contribution in [0.2, 0.25) is 0 Å². The number of anilines is 1. The summed E-state index contributed by atoms with van der Waals surface area (Å²) in [5.41, 5.74) is 7.10. The fraction of sp³-hybridized carbons (Fsp3) is 0.467. The molecule has 1 amide bonds. The molecule has 0 aliphatic heterocycles. The summed E-state index contributed by atoms with van der Waals surface area (Å²) in [4.78, 5) is 14.4. The van der Waals surface area contributed by atoms with E-state index in [1.807, 2.05) is 63.9 Å². The van der Waals surface area contributed by atoms with Crippen LogP contribution in [0, 0.1) is 0 Å². The molecule has 0 spiro atoms. The lowest BCUT2D eigenvalue weighted by Gasteiger charge is -2.30. The first-order chi connectivity index (χ1) is 9.11. The number of carbonyl (C=O) groups excluding carboxylic acids is 1. The number of nitrogens with two attached hydrogens (primary N) is 1. The van der Waals surface area contributed by atoms with Crippen molar-refractivity contribution in [3.05, 3.63) is 29.8 Å². The zero-order valence-corrected chi connectivity index (χ0v) is 13.5. The molecule has 1 unspecified atom stereocenters. The van der Waals surface area contributed by atoms with Crippen LogP contribution in [0.1, 0.15) is 33.3 Å². The summed E-state index contributed by atoms with van der Waals surface area (Å²) >= 11 is 4.98. The molecule has 1 rings (SSSR count). The molecule has 0 radical (unpaired) electrons. The lowest BCUT2D eigenvalue weighted by atomic mass is 10.1. The Morgan fingerprint density at radius 1 is 1.40 bits per heavy atom. The van der Waals surface area contributed by atoms with Gasteiger partial charge in [0.1, 0.15) is 11.0 Å². The van der Waals surface area contributed by atoms with E-state index in [0.29, 0.717) is 4.99 Å². The average molecular weight is 293 g/mol. The Bertz CT molecular complexity index is 508. The molecule has 0 bridgehead atoms. The van der Waals surface area contributed by atoms with Gasteiger partial charge in [0, 0.05) is 23.8 Å². The molecule has 0 aromatic heterocycles. The highest BCUT2D eigenvalue weighted by atomic mass is 32.1. The van der Waals surface area contributed by atoms with Crippen molar-refractivity contribution in [3.8, 4) is 0 Å². The van der Waals surface area contributed by atoms with E-state index in [1.165, 1.54) is 0 Å². The smallest absolute Gasteiger partial charge is 0.242 e. The number of likely N-dealkylation sites (N-methyl/N-ethyl adjacent to an activating group) is 1. The van der Waals surface area contributed by atoms with Crippen LogP contribution in [-0.2, 0) is 4.79 Å². The second-order valence-corrected chi connectivity index (χ2v) is 6.38. The van der Waals surface area contributed by atoms with E-state index in [4.69, 9.17) is 18.0 Å². The van der Waals surface area contributed by atoms with Gasteiger partial charge in [0.15, 0.2) is 0 Å². The molecule has 1 atom stereocenters. The van der Waals surface area contributed by atoms with Crippen LogP contribution in [0.3, 0.4) is 0 Å². The van der Waals surface area contributed by atoms with Crippen LogP contribution >= 0.6 is 12.2 Å². The molecule has 0 saturated carbocycles. The highest BCUT2D eigenvalue weighted by molar-refractivity contribution is 7.80. The summed E-state index contributed by atoms with van der Waals surface area (Å²) < 4.78 is 0. The summed E-state index contributed by atoms with van der Waals surface area (Å²) in [5, 5.41) is 2.98. The van der Waals surface area contributed by atoms with E-state index in [0.717, 1.165) is 11.3 Å². The van der Waals surface area contributed by atoms with Gasteiger partial charge in [0.2, 0.25) is 5.91 Å². The maximum absolute atomic E-state index is 12.2. The zero-order valence-electron chi connectivity index (χ0n) is 12.7. The Morgan fingerprint density at radius 3 is 2.50 bits per heavy atom. The van der Waals surface area contributed by atoms with Gasteiger partial charge in [0.25, 0.3) is 0 Å². The van der Waals surface area contributed by atoms with Crippen LogP contribution in [0.4, 0.5) is 5.69 Å². The Hall–Kier alpha value is -1.62. The molecule has 0 fully saturated rings. The minimum Gasteiger partial charge on any atom is -0.389 e. The third kappa shape index (κ3) is 4.49. The fourth-order valence-electron chi connectivity index (χ4n) is 1.75. The van der Waals surface area contributed by atoms with Crippen LogP contribution in [0.5, 0.6) is 0 Å². The molecule has 4 nitrogen and oxygen atoms in total. The Balaban J connectivity index is 2.88. The van der Waals surface area contributed by atoms with Gasteiger partial charge in [-0.15, -0.1) is 0 Å². The maximum atomic E-state index is 12.2. The van der Waals surface area contributed by atoms with Gasteiger partial charge in [0.05, 0.1) is 0 Å². The van der Waals surface area contributed by atoms with Gasteiger partial charge >= 0.3 is 0 Å². The van der Waals surface area contributed by atoms with E-state index in [2.05, 4.69) is 5.32 Å². The SMILES string of the molecule is CC(C(=O)NC(C)(C)C)N(C)c1cccc(C(N)=S)c1. The molecule has 20 heavy (non-hydrogen) atoms. The number of hydrogen-bond acceptors (Lipinski definition) is 3. The van der Waals surface area contributed by atoms with Crippen LogP contribution in [0.25, 0.3) is 0 Å². The zero-order chi connectivity index (χ0) is 15.5. The normalized spacial score (nSPS) is 12.7. The number of amides is 1. The molecule has 110 valence electrons. The van der Waals surface area contributed by atoms with Gasteiger partial charge in [-0.05, 0) is 39.8 Å². The van der Waals surface area contributed by atoms with E-state index < -0.39 is 0 Å². The molecule has 0 aliphatic carbocycles. The van der Waals surface area contributed by atoms with Crippen molar-refractivity contribution in [2.24, 2.45) is 5.73 Å². The van der Waals surface area contributed by atoms with Crippen LogP contribution < -0.4 is 16.0 Å². The largest absolute Gasteiger partial charge is 0.389 e. The van der Waals surface area contributed by atoms with Gasteiger partial charge in [-0.25, -0.2) is 0 Å². The van der Waals surface area contributed by atoms with Gasteiger partial charge in [-0.3, -0.25) is 4.79 Å². The standard InChI is InChI=1S/C15H23N3OS/c1-10(14(19)17-15(2,3)4)18(5)12-8-6-7-11(9-12)13(16)20/h6-10H,1-5H3,(H2,16,20)(H,17,19).